The first-order valence-corrected chi connectivity index (χ1v) is 5.82. The Bertz CT molecular complexity index is 551. The molecule has 0 bridgehead atoms. The first-order chi connectivity index (χ1) is 8.86. The number of H-pyrrole nitrogens is 1. The zero-order valence-electron chi connectivity index (χ0n) is 9.76. The molecule has 0 aliphatic carbocycles. The summed E-state index contributed by atoms with van der Waals surface area (Å²) in [7, 11) is 0. The van der Waals surface area contributed by atoms with Crippen LogP contribution in [0.5, 0.6) is 0 Å². The Kier molecular flexibility index (Phi) is 2.77. The van der Waals surface area contributed by atoms with E-state index in [1.807, 2.05) is 24.3 Å². The lowest BCUT2D eigenvalue weighted by Gasteiger charge is -2.21. The Labute approximate surface area is 104 Å². The van der Waals surface area contributed by atoms with Gasteiger partial charge in [-0.2, -0.15) is 15.4 Å². The Morgan fingerprint density at radius 3 is 3.06 bits per heavy atom. The Balaban J connectivity index is 1.99. The number of para-hydroxylation sites is 1. The molecule has 6 heteroatoms. The van der Waals surface area contributed by atoms with Crippen LogP contribution in [0.1, 0.15) is 16.1 Å². The highest BCUT2D eigenvalue weighted by Crippen LogP contribution is 2.23. The van der Waals surface area contributed by atoms with Gasteiger partial charge in [0, 0.05) is 25.3 Å². The molecule has 92 valence electrons. The number of aromatic nitrogens is 3. The highest BCUT2D eigenvalue weighted by molar-refractivity contribution is 6.05. The maximum atomic E-state index is 12.4. The fraction of sp³-hybridized carbons (Fsp3) is 0.250. The molecule has 1 aliphatic rings. The van der Waals surface area contributed by atoms with Crippen LogP contribution in [-0.2, 0) is 6.54 Å². The van der Waals surface area contributed by atoms with Crippen molar-refractivity contribution in [2.24, 2.45) is 0 Å². The molecule has 1 aromatic heterocycles. The zero-order valence-corrected chi connectivity index (χ0v) is 9.76. The van der Waals surface area contributed by atoms with Gasteiger partial charge in [0.05, 0.1) is 6.20 Å². The molecule has 1 aromatic carbocycles. The van der Waals surface area contributed by atoms with E-state index in [9.17, 15) is 4.79 Å². The molecule has 1 aliphatic heterocycles. The third-order valence-electron chi connectivity index (χ3n) is 2.99. The number of hydrogen-bond acceptors (Lipinski definition) is 4. The summed E-state index contributed by atoms with van der Waals surface area (Å²) in [5.74, 6) is -0.125. The number of nitrogens with one attached hydrogen (secondary N) is 2. The van der Waals surface area contributed by atoms with Crippen molar-refractivity contribution < 1.29 is 4.79 Å². The number of benzene rings is 1. The number of hydrogen-bond donors (Lipinski definition) is 2. The van der Waals surface area contributed by atoms with Crippen LogP contribution < -0.4 is 10.2 Å². The minimum atomic E-state index is -0.125. The number of carbonyl (C=O) groups is 1. The van der Waals surface area contributed by atoms with Crippen LogP contribution in [0.25, 0.3) is 0 Å². The molecule has 2 heterocycles. The molecule has 0 saturated heterocycles. The van der Waals surface area contributed by atoms with E-state index in [1.165, 1.54) is 6.20 Å². The number of rotatable bonds is 1. The standard InChI is InChI=1S/C12H13N5O/c18-12(10-8-14-16-15-10)17-6-5-13-7-9-3-1-2-4-11(9)17/h1-4,8,13H,5-7H2,(H,14,15,16). The van der Waals surface area contributed by atoms with E-state index in [1.54, 1.807) is 4.90 Å². The van der Waals surface area contributed by atoms with Crippen molar-refractivity contribution in [3.8, 4) is 0 Å². The Morgan fingerprint density at radius 2 is 2.22 bits per heavy atom. The molecule has 18 heavy (non-hydrogen) atoms. The fourth-order valence-electron chi connectivity index (χ4n) is 2.11. The molecule has 3 rings (SSSR count). The second-order valence-electron chi connectivity index (χ2n) is 4.12. The summed E-state index contributed by atoms with van der Waals surface area (Å²) in [6.07, 6.45) is 1.45. The van der Waals surface area contributed by atoms with Crippen LogP contribution in [0.4, 0.5) is 5.69 Å². The molecule has 0 spiro atoms. The summed E-state index contributed by atoms with van der Waals surface area (Å²) in [6, 6.07) is 7.90. The second-order valence-corrected chi connectivity index (χ2v) is 4.12. The summed E-state index contributed by atoms with van der Waals surface area (Å²) in [5.41, 5.74) is 2.40. The lowest BCUT2D eigenvalue weighted by Crippen LogP contribution is -2.35. The SMILES string of the molecule is O=C(c1cn[nH]n1)N1CCNCc2ccccc21. The van der Waals surface area contributed by atoms with E-state index in [2.05, 4.69) is 20.7 Å². The van der Waals surface area contributed by atoms with Crippen LogP contribution in [0.3, 0.4) is 0 Å². The number of anilines is 1. The molecular weight excluding hydrogens is 230 g/mol. The Morgan fingerprint density at radius 1 is 1.33 bits per heavy atom. The van der Waals surface area contributed by atoms with Crippen molar-refractivity contribution in [1.82, 2.24) is 20.7 Å². The summed E-state index contributed by atoms with van der Waals surface area (Å²) in [4.78, 5) is 14.1. The minimum absolute atomic E-state index is 0.125. The van der Waals surface area contributed by atoms with E-state index in [4.69, 9.17) is 0 Å². The number of aromatic amines is 1. The molecule has 6 nitrogen and oxygen atoms in total. The number of nitrogens with zero attached hydrogens (tertiary/aromatic N) is 3. The average Bonchev–Trinajstić information content (AvgIpc) is 2.85. The van der Waals surface area contributed by atoms with Crippen molar-refractivity contribution in [1.29, 1.82) is 0 Å². The van der Waals surface area contributed by atoms with Gasteiger partial charge < -0.3 is 10.2 Å². The first-order valence-electron chi connectivity index (χ1n) is 5.82. The van der Waals surface area contributed by atoms with Crippen molar-refractivity contribution in [3.63, 3.8) is 0 Å². The van der Waals surface area contributed by atoms with E-state index in [0.717, 1.165) is 24.3 Å². The molecule has 2 N–H and O–H groups in total. The number of carbonyl (C=O) groups excluding carboxylic acids is 1. The quantitative estimate of drug-likeness (QED) is 0.767. The van der Waals surface area contributed by atoms with Gasteiger partial charge in [-0.3, -0.25) is 4.79 Å². The third-order valence-corrected chi connectivity index (χ3v) is 2.99. The van der Waals surface area contributed by atoms with Crippen molar-refractivity contribution >= 4 is 11.6 Å². The normalized spacial score (nSPS) is 15.0. The van der Waals surface area contributed by atoms with Gasteiger partial charge >= 0.3 is 0 Å². The van der Waals surface area contributed by atoms with Gasteiger partial charge in [-0.25, -0.2) is 0 Å². The molecule has 0 radical (unpaired) electrons. The number of amides is 1. The Hall–Kier alpha value is -2.21. The predicted octanol–water partition coefficient (Wildman–Crippen LogP) is 0.555. The summed E-state index contributed by atoms with van der Waals surface area (Å²) >= 11 is 0. The van der Waals surface area contributed by atoms with Crippen LogP contribution in [0.2, 0.25) is 0 Å². The van der Waals surface area contributed by atoms with Crippen molar-refractivity contribution in [3.05, 3.63) is 41.7 Å². The largest absolute Gasteiger partial charge is 0.311 e. The van der Waals surface area contributed by atoms with Crippen LogP contribution in [0.15, 0.2) is 30.5 Å². The summed E-state index contributed by atoms with van der Waals surface area (Å²) in [5, 5.41) is 13.3. The van der Waals surface area contributed by atoms with Crippen LogP contribution >= 0.6 is 0 Å². The average molecular weight is 243 g/mol. The second kappa shape index (κ2) is 4.58. The maximum Gasteiger partial charge on any atom is 0.280 e. The van der Waals surface area contributed by atoms with E-state index in [0.29, 0.717) is 12.2 Å². The summed E-state index contributed by atoms with van der Waals surface area (Å²) < 4.78 is 0. The lowest BCUT2D eigenvalue weighted by atomic mass is 10.1. The highest BCUT2D eigenvalue weighted by Gasteiger charge is 2.23. The van der Waals surface area contributed by atoms with Gasteiger partial charge in [0.1, 0.15) is 0 Å². The molecule has 2 aromatic rings. The zero-order chi connectivity index (χ0) is 12.4. The topological polar surface area (TPSA) is 73.9 Å². The van der Waals surface area contributed by atoms with Crippen molar-refractivity contribution in [2.45, 2.75) is 6.54 Å². The molecule has 0 saturated carbocycles. The molecule has 0 fully saturated rings. The van der Waals surface area contributed by atoms with Gasteiger partial charge in [-0.05, 0) is 11.6 Å². The van der Waals surface area contributed by atoms with Gasteiger partial charge in [-0.15, -0.1) is 0 Å². The van der Waals surface area contributed by atoms with Gasteiger partial charge in [0.25, 0.3) is 5.91 Å². The van der Waals surface area contributed by atoms with Gasteiger partial charge in [0.2, 0.25) is 0 Å². The predicted molar refractivity (Wildman–Crippen MR) is 66.2 cm³/mol. The van der Waals surface area contributed by atoms with Crippen LogP contribution in [0, 0.1) is 0 Å². The minimum Gasteiger partial charge on any atom is -0.311 e. The summed E-state index contributed by atoms with van der Waals surface area (Å²) in [6.45, 7) is 2.17. The monoisotopic (exact) mass is 243 g/mol. The van der Waals surface area contributed by atoms with E-state index < -0.39 is 0 Å². The highest BCUT2D eigenvalue weighted by atomic mass is 16.2. The van der Waals surface area contributed by atoms with Crippen molar-refractivity contribution in [2.75, 3.05) is 18.0 Å². The third kappa shape index (κ3) is 1.86. The molecule has 1 amide bonds. The van der Waals surface area contributed by atoms with E-state index in [-0.39, 0.29) is 5.91 Å². The molecular formula is C12H13N5O. The molecule has 0 atom stereocenters. The van der Waals surface area contributed by atoms with Crippen LogP contribution in [-0.4, -0.2) is 34.4 Å². The smallest absolute Gasteiger partial charge is 0.280 e. The van der Waals surface area contributed by atoms with Gasteiger partial charge in [0.15, 0.2) is 5.69 Å². The lowest BCUT2D eigenvalue weighted by molar-refractivity contribution is 0.0982. The maximum absolute atomic E-state index is 12.4. The van der Waals surface area contributed by atoms with E-state index >= 15 is 0 Å². The fourth-order valence-corrected chi connectivity index (χ4v) is 2.11. The van der Waals surface area contributed by atoms with Gasteiger partial charge in [-0.1, -0.05) is 18.2 Å². The first kappa shape index (κ1) is 10.9. The number of fused-ring (bicyclic) bond motifs is 1. The molecule has 0 unspecified atom stereocenters.